The van der Waals surface area contributed by atoms with Crippen molar-refractivity contribution in [2.24, 2.45) is 7.05 Å². The first-order valence-corrected chi connectivity index (χ1v) is 14.9. The highest BCUT2D eigenvalue weighted by Gasteiger charge is 2.21. The highest BCUT2D eigenvalue weighted by molar-refractivity contribution is 5.81. The van der Waals surface area contributed by atoms with Gasteiger partial charge in [0.15, 0.2) is 0 Å². The number of fused-ring (bicyclic) bond motifs is 2. The Kier molecular flexibility index (Phi) is 9.86. The Balaban J connectivity index is 1.17. The molecule has 0 saturated heterocycles. The van der Waals surface area contributed by atoms with Crippen molar-refractivity contribution in [3.63, 3.8) is 0 Å². The zero-order chi connectivity index (χ0) is 29.3. The number of benzene rings is 1. The van der Waals surface area contributed by atoms with Crippen molar-refractivity contribution in [3.8, 4) is 5.75 Å². The van der Waals surface area contributed by atoms with E-state index in [9.17, 15) is 9.90 Å². The Morgan fingerprint density at radius 3 is 2.81 bits per heavy atom. The molecule has 4 aromatic rings. The third kappa shape index (κ3) is 7.76. The Morgan fingerprint density at radius 1 is 1.12 bits per heavy atom. The number of pyridine rings is 2. The van der Waals surface area contributed by atoms with Crippen molar-refractivity contribution in [3.05, 3.63) is 71.7 Å². The number of para-hydroxylation sites is 2. The molecule has 1 atom stereocenters. The van der Waals surface area contributed by atoms with Gasteiger partial charge >= 0.3 is 5.97 Å². The molecule has 1 aliphatic rings. The standard InChI is InChI=1S/C32H41N7O3/c1-23-12-15-26(22-34-23)42-21-20-39(18-6-5-9-25-14-13-24-8-7-17-33-30(24)35-25)19-16-28(31(40)41)37-32-36-27-10-3-4-11-29(27)38(32)2/h3-4,10-15,22,28H,5-9,16-21H2,1-2H3,(H,33,35)(H,36,37)(H,40,41)/t28-/m0/s1. The Hall–Kier alpha value is -4.18. The highest BCUT2D eigenvalue weighted by atomic mass is 16.5. The van der Waals surface area contributed by atoms with Crippen molar-refractivity contribution >= 4 is 28.8 Å². The predicted molar refractivity (Wildman–Crippen MR) is 165 cm³/mol. The van der Waals surface area contributed by atoms with Gasteiger partial charge in [0.25, 0.3) is 0 Å². The van der Waals surface area contributed by atoms with Crippen LogP contribution in [-0.2, 0) is 24.7 Å². The van der Waals surface area contributed by atoms with Crippen LogP contribution in [0.25, 0.3) is 11.0 Å². The molecular weight excluding hydrogens is 530 g/mol. The van der Waals surface area contributed by atoms with Gasteiger partial charge in [0.2, 0.25) is 5.95 Å². The highest BCUT2D eigenvalue weighted by Crippen LogP contribution is 2.21. The van der Waals surface area contributed by atoms with Crippen LogP contribution in [0.5, 0.6) is 5.75 Å². The lowest BCUT2D eigenvalue weighted by atomic mass is 10.1. The fraction of sp³-hybridized carbons (Fsp3) is 0.438. The fourth-order valence-electron chi connectivity index (χ4n) is 5.32. The summed E-state index contributed by atoms with van der Waals surface area (Å²) in [4.78, 5) is 28.3. The number of aliphatic carboxylic acids is 1. The van der Waals surface area contributed by atoms with Crippen LogP contribution >= 0.6 is 0 Å². The van der Waals surface area contributed by atoms with E-state index in [1.807, 2.05) is 54.9 Å². The number of hydrogen-bond acceptors (Lipinski definition) is 8. The number of carbonyl (C=O) groups is 1. The molecule has 1 aliphatic heterocycles. The van der Waals surface area contributed by atoms with E-state index >= 15 is 0 Å². The van der Waals surface area contributed by atoms with E-state index in [4.69, 9.17) is 9.72 Å². The number of nitrogens with one attached hydrogen (secondary N) is 2. The van der Waals surface area contributed by atoms with Gasteiger partial charge in [-0.05, 0) is 87.9 Å². The predicted octanol–water partition coefficient (Wildman–Crippen LogP) is 4.69. The van der Waals surface area contributed by atoms with Gasteiger partial charge in [-0.25, -0.2) is 14.8 Å². The lowest BCUT2D eigenvalue weighted by Gasteiger charge is -2.24. The van der Waals surface area contributed by atoms with E-state index < -0.39 is 12.0 Å². The maximum atomic E-state index is 12.2. The Morgan fingerprint density at radius 2 is 2.00 bits per heavy atom. The molecule has 1 aromatic carbocycles. The maximum absolute atomic E-state index is 12.2. The van der Waals surface area contributed by atoms with E-state index in [0.717, 1.165) is 79.2 Å². The van der Waals surface area contributed by atoms with Gasteiger partial charge < -0.3 is 25.0 Å². The molecule has 10 nitrogen and oxygen atoms in total. The minimum atomic E-state index is -0.893. The van der Waals surface area contributed by atoms with Gasteiger partial charge in [-0.2, -0.15) is 0 Å². The SMILES string of the molecule is Cc1ccc(OCCN(CCCCc2ccc3c(n2)NCCC3)CC[C@H](Nc2nc3ccccc3n2C)C(=O)O)cn1. The first-order chi connectivity index (χ1) is 20.5. The molecule has 5 rings (SSSR count). The van der Waals surface area contributed by atoms with Crippen molar-refractivity contribution in [1.29, 1.82) is 0 Å². The summed E-state index contributed by atoms with van der Waals surface area (Å²) in [6.07, 6.45) is 7.32. The molecule has 0 spiro atoms. The van der Waals surface area contributed by atoms with E-state index in [1.165, 1.54) is 5.56 Å². The molecule has 0 radical (unpaired) electrons. The van der Waals surface area contributed by atoms with Crippen LogP contribution < -0.4 is 15.4 Å². The summed E-state index contributed by atoms with van der Waals surface area (Å²) < 4.78 is 7.85. The first-order valence-electron chi connectivity index (χ1n) is 14.9. The molecule has 0 saturated carbocycles. The summed E-state index contributed by atoms with van der Waals surface area (Å²) in [5.41, 5.74) is 5.15. The number of ether oxygens (including phenoxy) is 1. The molecule has 0 fully saturated rings. The molecule has 42 heavy (non-hydrogen) atoms. The quantitative estimate of drug-likeness (QED) is 0.175. The number of aryl methyl sites for hydroxylation is 4. The van der Waals surface area contributed by atoms with Gasteiger partial charge in [0.1, 0.15) is 24.2 Å². The summed E-state index contributed by atoms with van der Waals surface area (Å²) >= 11 is 0. The number of rotatable bonds is 15. The largest absolute Gasteiger partial charge is 0.491 e. The number of aromatic nitrogens is 4. The molecule has 3 aromatic heterocycles. The number of carboxylic acids is 1. The third-order valence-corrected chi connectivity index (χ3v) is 7.79. The second-order valence-corrected chi connectivity index (χ2v) is 10.9. The van der Waals surface area contributed by atoms with Crippen molar-refractivity contribution in [1.82, 2.24) is 24.4 Å². The van der Waals surface area contributed by atoms with Gasteiger partial charge in [-0.1, -0.05) is 18.2 Å². The number of anilines is 2. The minimum Gasteiger partial charge on any atom is -0.491 e. The third-order valence-electron chi connectivity index (χ3n) is 7.79. The Labute approximate surface area is 247 Å². The normalized spacial score (nSPS) is 13.5. The van der Waals surface area contributed by atoms with Crippen LogP contribution in [-0.4, -0.2) is 74.3 Å². The average Bonchev–Trinajstić information content (AvgIpc) is 3.32. The zero-order valence-electron chi connectivity index (χ0n) is 24.6. The van der Waals surface area contributed by atoms with Crippen molar-refractivity contribution in [2.45, 2.75) is 51.5 Å². The van der Waals surface area contributed by atoms with Gasteiger partial charge in [0.05, 0.1) is 17.2 Å². The van der Waals surface area contributed by atoms with Crippen LogP contribution in [0, 0.1) is 6.92 Å². The topological polar surface area (TPSA) is 117 Å². The minimum absolute atomic E-state index is 0.433. The second-order valence-electron chi connectivity index (χ2n) is 10.9. The first kappa shape index (κ1) is 29.3. The summed E-state index contributed by atoms with van der Waals surface area (Å²) in [5, 5.41) is 16.6. The van der Waals surface area contributed by atoms with Gasteiger partial charge in [-0.3, -0.25) is 9.88 Å². The summed E-state index contributed by atoms with van der Waals surface area (Å²) in [5.74, 6) is 1.43. The van der Waals surface area contributed by atoms with E-state index in [1.54, 1.807) is 6.20 Å². The van der Waals surface area contributed by atoms with Gasteiger partial charge in [-0.15, -0.1) is 0 Å². The van der Waals surface area contributed by atoms with E-state index in [-0.39, 0.29) is 0 Å². The van der Waals surface area contributed by atoms with Crippen LogP contribution in [0.15, 0.2) is 54.7 Å². The molecule has 222 valence electrons. The number of imidazole rings is 1. The monoisotopic (exact) mass is 571 g/mol. The molecule has 10 heteroatoms. The van der Waals surface area contributed by atoms with Crippen LogP contribution in [0.4, 0.5) is 11.8 Å². The molecule has 0 amide bonds. The summed E-state index contributed by atoms with van der Waals surface area (Å²) in [6, 6.07) is 15.2. The van der Waals surface area contributed by atoms with Crippen molar-refractivity contribution in [2.75, 3.05) is 43.4 Å². The number of nitrogens with zero attached hydrogens (tertiary/aromatic N) is 5. The van der Waals surface area contributed by atoms with Crippen molar-refractivity contribution < 1.29 is 14.6 Å². The molecule has 3 N–H and O–H groups in total. The fourth-order valence-corrected chi connectivity index (χ4v) is 5.32. The molecular formula is C32H41N7O3. The molecule has 4 heterocycles. The number of carboxylic acid groups (broad SMARTS) is 1. The lowest BCUT2D eigenvalue weighted by molar-refractivity contribution is -0.138. The Bertz CT molecular complexity index is 1470. The number of hydrogen-bond donors (Lipinski definition) is 3. The summed E-state index contributed by atoms with van der Waals surface area (Å²) in [6.45, 7) is 5.58. The average molecular weight is 572 g/mol. The molecule has 0 aliphatic carbocycles. The second kappa shape index (κ2) is 14.1. The van der Waals surface area contributed by atoms with Crippen LogP contribution in [0.2, 0.25) is 0 Å². The summed E-state index contributed by atoms with van der Waals surface area (Å²) in [7, 11) is 1.90. The smallest absolute Gasteiger partial charge is 0.326 e. The zero-order valence-corrected chi connectivity index (χ0v) is 24.6. The molecule has 0 bridgehead atoms. The van der Waals surface area contributed by atoms with Crippen LogP contribution in [0.3, 0.4) is 0 Å². The maximum Gasteiger partial charge on any atom is 0.326 e. The molecule has 0 unspecified atom stereocenters. The van der Waals surface area contributed by atoms with Crippen LogP contribution in [0.1, 0.15) is 42.6 Å². The lowest BCUT2D eigenvalue weighted by Crippen LogP contribution is -2.37. The number of unbranched alkanes of at least 4 members (excludes halogenated alkanes) is 1. The van der Waals surface area contributed by atoms with E-state index in [0.29, 0.717) is 32.1 Å². The van der Waals surface area contributed by atoms with Gasteiger partial charge in [0, 0.05) is 38.1 Å². The van der Waals surface area contributed by atoms with E-state index in [2.05, 4.69) is 37.6 Å².